The third kappa shape index (κ3) is 14.6. The van der Waals surface area contributed by atoms with Crippen molar-refractivity contribution in [3.05, 3.63) is 0 Å². The predicted octanol–water partition coefficient (Wildman–Crippen LogP) is 3.20. The molecule has 28 heavy (non-hydrogen) atoms. The standard InChI is InChI=1S/C18H36N2O7S/c1-15(2,3)26-13(21)19-17(7,8)11-24-28(23)25-12-18(9,10)20-14(22)27-16(4,5)6/h11-12H2,1-10H3,(H,19,21)(H,20,22). The maximum absolute atomic E-state index is 11.9. The minimum Gasteiger partial charge on any atom is -0.444 e. The van der Waals surface area contributed by atoms with Crippen LogP contribution in [0.3, 0.4) is 0 Å². The summed E-state index contributed by atoms with van der Waals surface area (Å²) in [6, 6.07) is 0. The Hall–Kier alpha value is -1.39. The smallest absolute Gasteiger partial charge is 0.408 e. The summed E-state index contributed by atoms with van der Waals surface area (Å²) >= 11 is -2.06. The van der Waals surface area contributed by atoms with Gasteiger partial charge in [0.1, 0.15) is 11.2 Å². The average molecular weight is 425 g/mol. The summed E-state index contributed by atoms with van der Waals surface area (Å²) in [5, 5.41) is 5.28. The number of hydrogen-bond acceptors (Lipinski definition) is 7. The molecule has 166 valence electrons. The van der Waals surface area contributed by atoms with Crippen molar-refractivity contribution < 1.29 is 31.6 Å². The van der Waals surface area contributed by atoms with Gasteiger partial charge in [-0.3, -0.25) is 8.37 Å². The first kappa shape index (κ1) is 26.6. The van der Waals surface area contributed by atoms with Crippen LogP contribution in [0.1, 0.15) is 69.2 Å². The molecule has 0 aromatic rings. The second-order valence-electron chi connectivity index (χ2n) is 9.75. The number of alkyl carbamates (subject to hydrolysis) is 2. The molecule has 0 bridgehead atoms. The van der Waals surface area contributed by atoms with Gasteiger partial charge in [0.25, 0.3) is 0 Å². The van der Waals surface area contributed by atoms with E-state index in [9.17, 15) is 13.8 Å². The van der Waals surface area contributed by atoms with Gasteiger partial charge in [0, 0.05) is 0 Å². The van der Waals surface area contributed by atoms with E-state index in [0.29, 0.717) is 0 Å². The monoisotopic (exact) mass is 424 g/mol. The number of carbonyl (C=O) groups excluding carboxylic acids is 2. The lowest BCUT2D eigenvalue weighted by atomic mass is 10.1. The van der Waals surface area contributed by atoms with Crippen molar-refractivity contribution >= 4 is 23.5 Å². The van der Waals surface area contributed by atoms with Gasteiger partial charge in [-0.25, -0.2) is 9.59 Å². The second kappa shape index (κ2) is 9.89. The molecule has 0 aliphatic carbocycles. The molecule has 9 nitrogen and oxygen atoms in total. The van der Waals surface area contributed by atoms with E-state index in [1.807, 2.05) is 0 Å². The molecule has 0 radical (unpaired) electrons. The Morgan fingerprint density at radius 3 is 1.21 bits per heavy atom. The van der Waals surface area contributed by atoms with E-state index in [0.717, 1.165) is 0 Å². The van der Waals surface area contributed by atoms with Crippen molar-refractivity contribution in [3.8, 4) is 0 Å². The molecule has 2 amide bonds. The highest BCUT2D eigenvalue weighted by atomic mass is 32.2. The molecule has 0 aliphatic rings. The van der Waals surface area contributed by atoms with Crippen LogP contribution in [-0.2, 0) is 29.2 Å². The van der Waals surface area contributed by atoms with E-state index in [4.69, 9.17) is 17.8 Å². The first-order valence-electron chi connectivity index (χ1n) is 9.01. The van der Waals surface area contributed by atoms with Crippen LogP contribution in [0.5, 0.6) is 0 Å². The van der Waals surface area contributed by atoms with E-state index >= 15 is 0 Å². The minimum absolute atomic E-state index is 0.0707. The Labute approximate surface area is 171 Å². The van der Waals surface area contributed by atoms with Gasteiger partial charge in [0.15, 0.2) is 0 Å². The normalized spacial score (nSPS) is 13.2. The van der Waals surface area contributed by atoms with Crippen molar-refractivity contribution in [2.45, 2.75) is 91.5 Å². The zero-order valence-electron chi connectivity index (χ0n) is 18.7. The molecule has 0 spiro atoms. The zero-order chi connectivity index (χ0) is 22.4. The highest BCUT2D eigenvalue weighted by Crippen LogP contribution is 2.12. The first-order chi connectivity index (χ1) is 12.3. The molecule has 0 heterocycles. The SMILES string of the molecule is CC(C)(COS(=O)OCC(C)(C)NC(=O)OC(C)(C)C)NC(=O)OC(C)(C)C. The van der Waals surface area contributed by atoms with Gasteiger partial charge in [-0.05, 0) is 69.2 Å². The van der Waals surface area contributed by atoms with Crippen LogP contribution in [0.2, 0.25) is 0 Å². The predicted molar refractivity (Wildman–Crippen MR) is 107 cm³/mol. The Kier molecular flexibility index (Phi) is 9.40. The fourth-order valence-electron chi connectivity index (χ4n) is 1.66. The number of hydrogen-bond donors (Lipinski definition) is 2. The molecular formula is C18H36N2O7S. The third-order valence-corrected chi connectivity index (χ3v) is 3.33. The second-order valence-corrected chi connectivity index (χ2v) is 10.6. The number of amides is 2. The van der Waals surface area contributed by atoms with Crippen LogP contribution < -0.4 is 10.6 Å². The molecule has 10 heteroatoms. The topological polar surface area (TPSA) is 112 Å². The summed E-state index contributed by atoms with van der Waals surface area (Å²) in [6.45, 7) is 17.2. The van der Waals surface area contributed by atoms with Crippen LogP contribution in [0.4, 0.5) is 9.59 Å². The Morgan fingerprint density at radius 1 is 0.679 bits per heavy atom. The van der Waals surface area contributed by atoms with Crippen molar-refractivity contribution in [2.24, 2.45) is 0 Å². The molecule has 0 saturated carbocycles. The highest BCUT2D eigenvalue weighted by molar-refractivity contribution is 7.75. The van der Waals surface area contributed by atoms with Gasteiger partial charge in [-0.2, -0.15) is 4.21 Å². The third-order valence-electron chi connectivity index (χ3n) is 2.71. The summed E-state index contributed by atoms with van der Waals surface area (Å²) in [6.07, 6.45) is -1.20. The van der Waals surface area contributed by atoms with Crippen molar-refractivity contribution in [3.63, 3.8) is 0 Å². The molecule has 0 rings (SSSR count). The number of carbonyl (C=O) groups is 2. The van der Waals surface area contributed by atoms with Crippen LogP contribution in [-0.4, -0.2) is 51.9 Å². The summed E-state index contributed by atoms with van der Waals surface area (Å²) in [7, 11) is 0. The number of ether oxygens (including phenoxy) is 2. The molecule has 0 aliphatic heterocycles. The molecule has 0 atom stereocenters. The molecule has 0 saturated heterocycles. The lowest BCUT2D eigenvalue weighted by molar-refractivity contribution is 0.0434. The number of nitrogens with one attached hydrogen (secondary N) is 2. The molecular weight excluding hydrogens is 388 g/mol. The van der Waals surface area contributed by atoms with Crippen molar-refractivity contribution in [1.29, 1.82) is 0 Å². The van der Waals surface area contributed by atoms with E-state index in [1.165, 1.54) is 0 Å². The molecule has 0 unspecified atom stereocenters. The Bertz CT molecular complexity index is 515. The molecule has 2 N–H and O–H groups in total. The average Bonchev–Trinajstić information content (AvgIpc) is 2.37. The largest absolute Gasteiger partial charge is 0.444 e. The van der Waals surface area contributed by atoms with Crippen LogP contribution in [0.25, 0.3) is 0 Å². The van der Waals surface area contributed by atoms with E-state index in [1.54, 1.807) is 69.2 Å². The molecule has 0 aromatic carbocycles. The van der Waals surface area contributed by atoms with Crippen LogP contribution >= 0.6 is 0 Å². The fraction of sp³-hybridized carbons (Fsp3) is 0.889. The van der Waals surface area contributed by atoms with Gasteiger partial charge in [-0.15, -0.1) is 0 Å². The Morgan fingerprint density at radius 2 is 0.964 bits per heavy atom. The summed E-state index contributed by atoms with van der Waals surface area (Å²) in [5.41, 5.74) is -2.91. The summed E-state index contributed by atoms with van der Waals surface area (Å²) in [5.74, 6) is 0. The zero-order valence-corrected chi connectivity index (χ0v) is 19.5. The van der Waals surface area contributed by atoms with Gasteiger partial charge in [0.2, 0.25) is 0 Å². The van der Waals surface area contributed by atoms with Gasteiger partial charge >= 0.3 is 23.5 Å². The maximum Gasteiger partial charge on any atom is 0.408 e. The number of rotatable bonds is 8. The lowest BCUT2D eigenvalue weighted by Crippen LogP contribution is -2.50. The van der Waals surface area contributed by atoms with E-state index in [-0.39, 0.29) is 13.2 Å². The van der Waals surface area contributed by atoms with Gasteiger partial charge in [-0.1, -0.05) is 0 Å². The quantitative estimate of drug-likeness (QED) is 0.615. The summed E-state index contributed by atoms with van der Waals surface area (Å²) in [4.78, 5) is 23.7. The van der Waals surface area contributed by atoms with E-state index < -0.39 is 45.8 Å². The molecule has 0 aromatic heterocycles. The molecule has 0 fully saturated rings. The Balaban J connectivity index is 4.39. The maximum atomic E-state index is 11.9. The van der Waals surface area contributed by atoms with Crippen LogP contribution in [0, 0.1) is 0 Å². The minimum atomic E-state index is -2.06. The van der Waals surface area contributed by atoms with Gasteiger partial charge < -0.3 is 20.1 Å². The lowest BCUT2D eigenvalue weighted by Gasteiger charge is -2.29. The highest BCUT2D eigenvalue weighted by Gasteiger charge is 2.28. The van der Waals surface area contributed by atoms with E-state index in [2.05, 4.69) is 10.6 Å². The first-order valence-corrected chi connectivity index (χ1v) is 10.0. The fourth-order valence-corrected chi connectivity index (χ4v) is 2.51. The van der Waals surface area contributed by atoms with Crippen LogP contribution in [0.15, 0.2) is 0 Å². The van der Waals surface area contributed by atoms with Gasteiger partial charge in [0.05, 0.1) is 24.3 Å². The van der Waals surface area contributed by atoms with Crippen molar-refractivity contribution in [1.82, 2.24) is 10.6 Å². The summed E-state index contributed by atoms with van der Waals surface area (Å²) < 4.78 is 32.6. The van der Waals surface area contributed by atoms with Crippen molar-refractivity contribution in [2.75, 3.05) is 13.2 Å².